The van der Waals surface area contributed by atoms with Crippen molar-refractivity contribution in [3.63, 3.8) is 0 Å². The summed E-state index contributed by atoms with van der Waals surface area (Å²) in [5.74, 6) is -4.04. The normalized spacial score (nSPS) is 14.5. The van der Waals surface area contributed by atoms with Crippen LogP contribution >= 0.6 is 0 Å². The van der Waals surface area contributed by atoms with Gasteiger partial charge in [-0.05, 0) is 43.9 Å². The average Bonchev–Trinajstić information content (AvgIpc) is 2.60. The summed E-state index contributed by atoms with van der Waals surface area (Å²) >= 11 is 0. The summed E-state index contributed by atoms with van der Waals surface area (Å²) in [6.07, 6.45) is -5.41. The van der Waals surface area contributed by atoms with Gasteiger partial charge in [-0.3, -0.25) is 0 Å². The fraction of sp³-hybridized carbons (Fsp3) is 0.500. The van der Waals surface area contributed by atoms with Crippen molar-refractivity contribution in [2.75, 3.05) is 7.11 Å². The lowest BCUT2D eigenvalue weighted by atomic mass is 9.99. The fourth-order valence-electron chi connectivity index (χ4n) is 3.08. The Kier molecular flexibility index (Phi) is 8.83. The van der Waals surface area contributed by atoms with E-state index < -0.39 is 46.2 Å². The van der Waals surface area contributed by atoms with Crippen LogP contribution in [0.3, 0.4) is 0 Å². The standard InChI is InChI=1S/C20H26F3NO6S/c1-11(2)17(15(7-8-16(25)29-6)30-19(26)20(21,22)23)24-31(27,28)18-13(4)9-12(3)10-14(18)5/h7-11,15,17,24H,1-6H3/b8-7+/t15-,17+/m1/s1. The largest absolute Gasteiger partial charge is 0.490 e. The highest BCUT2D eigenvalue weighted by Gasteiger charge is 2.44. The molecule has 0 fully saturated rings. The van der Waals surface area contributed by atoms with Gasteiger partial charge in [0, 0.05) is 6.08 Å². The molecular formula is C20H26F3NO6S. The molecule has 7 nitrogen and oxygen atoms in total. The van der Waals surface area contributed by atoms with Crippen molar-refractivity contribution in [1.82, 2.24) is 4.72 Å². The summed E-state index contributed by atoms with van der Waals surface area (Å²) in [7, 11) is -3.17. The van der Waals surface area contributed by atoms with Gasteiger partial charge in [-0.25, -0.2) is 22.7 Å². The molecule has 0 amide bonds. The summed E-state index contributed by atoms with van der Waals surface area (Å²) in [4.78, 5) is 22.8. The average molecular weight is 465 g/mol. The highest BCUT2D eigenvalue weighted by molar-refractivity contribution is 7.89. The Hall–Kier alpha value is -2.40. The van der Waals surface area contributed by atoms with Crippen molar-refractivity contribution in [2.24, 2.45) is 5.92 Å². The molecule has 0 aromatic heterocycles. The first-order chi connectivity index (χ1) is 14.1. The van der Waals surface area contributed by atoms with E-state index >= 15 is 0 Å². The van der Waals surface area contributed by atoms with Crippen molar-refractivity contribution >= 4 is 22.0 Å². The molecule has 1 N–H and O–H groups in total. The van der Waals surface area contributed by atoms with E-state index in [-0.39, 0.29) is 4.90 Å². The first-order valence-corrected chi connectivity index (χ1v) is 10.7. The minimum absolute atomic E-state index is 0.0263. The summed E-state index contributed by atoms with van der Waals surface area (Å²) in [6, 6.07) is 2.01. The molecule has 1 aromatic rings. The zero-order chi connectivity index (χ0) is 24.1. The fourth-order valence-corrected chi connectivity index (χ4v) is 4.92. The quantitative estimate of drug-likeness (QED) is 0.468. The first kappa shape index (κ1) is 26.6. The molecule has 0 aliphatic carbocycles. The third-order valence-corrected chi connectivity index (χ3v) is 6.10. The van der Waals surface area contributed by atoms with Gasteiger partial charge in [0.05, 0.1) is 18.0 Å². The second-order valence-electron chi connectivity index (χ2n) is 7.37. The van der Waals surface area contributed by atoms with E-state index in [1.165, 1.54) is 13.8 Å². The Morgan fingerprint density at radius 2 is 1.61 bits per heavy atom. The van der Waals surface area contributed by atoms with Crippen LogP contribution < -0.4 is 4.72 Å². The molecule has 31 heavy (non-hydrogen) atoms. The number of hydrogen-bond donors (Lipinski definition) is 1. The number of sulfonamides is 1. The number of alkyl halides is 3. The van der Waals surface area contributed by atoms with E-state index in [1.807, 2.05) is 0 Å². The lowest BCUT2D eigenvalue weighted by molar-refractivity contribution is -0.204. The highest BCUT2D eigenvalue weighted by Crippen LogP contribution is 2.25. The number of aryl methyl sites for hydroxylation is 3. The number of hydrogen-bond acceptors (Lipinski definition) is 6. The van der Waals surface area contributed by atoms with Crippen molar-refractivity contribution < 1.29 is 40.7 Å². The molecule has 1 rings (SSSR count). The molecule has 1 aromatic carbocycles. The monoisotopic (exact) mass is 465 g/mol. The molecule has 0 radical (unpaired) electrons. The number of esters is 2. The summed E-state index contributed by atoms with van der Waals surface area (Å²) in [6.45, 7) is 8.05. The maximum atomic E-state index is 13.1. The zero-order valence-corrected chi connectivity index (χ0v) is 18.8. The van der Waals surface area contributed by atoms with Crippen LogP contribution in [-0.2, 0) is 29.1 Å². The van der Waals surface area contributed by atoms with Gasteiger partial charge < -0.3 is 9.47 Å². The van der Waals surface area contributed by atoms with Gasteiger partial charge in [-0.1, -0.05) is 31.5 Å². The number of rotatable bonds is 8. The molecule has 0 aliphatic rings. The van der Waals surface area contributed by atoms with Gasteiger partial charge in [0.1, 0.15) is 6.10 Å². The molecular weight excluding hydrogens is 439 g/mol. The van der Waals surface area contributed by atoms with Gasteiger partial charge in [0.2, 0.25) is 10.0 Å². The van der Waals surface area contributed by atoms with Crippen molar-refractivity contribution in [2.45, 2.75) is 57.8 Å². The number of benzene rings is 1. The lowest BCUT2D eigenvalue weighted by Gasteiger charge is -2.29. The molecule has 2 atom stereocenters. The van der Waals surface area contributed by atoms with E-state index in [2.05, 4.69) is 14.2 Å². The Balaban J connectivity index is 3.42. The molecule has 0 spiro atoms. The molecule has 0 saturated carbocycles. The molecule has 0 heterocycles. The number of methoxy groups -OCH3 is 1. The SMILES string of the molecule is COC(=O)/C=C/[C@@H](OC(=O)C(F)(F)F)[C@@H](NS(=O)(=O)c1c(C)cc(C)cc1C)C(C)C. The predicted octanol–water partition coefficient (Wildman–Crippen LogP) is 3.12. The summed E-state index contributed by atoms with van der Waals surface area (Å²) < 4.78 is 75.7. The minimum Gasteiger partial charge on any atom is -0.466 e. The molecule has 0 aliphatic heterocycles. The van der Waals surface area contributed by atoms with E-state index in [0.717, 1.165) is 24.8 Å². The maximum absolute atomic E-state index is 13.1. The summed E-state index contributed by atoms with van der Waals surface area (Å²) in [5, 5.41) is 0. The minimum atomic E-state index is -5.30. The number of halogens is 3. The number of carbonyl (C=O) groups excluding carboxylic acids is 2. The number of nitrogens with one attached hydrogen (secondary N) is 1. The smallest absolute Gasteiger partial charge is 0.466 e. The molecule has 0 bridgehead atoms. The second-order valence-corrected chi connectivity index (χ2v) is 9.02. The van der Waals surface area contributed by atoms with E-state index in [0.29, 0.717) is 11.1 Å². The van der Waals surface area contributed by atoms with Crippen LogP contribution in [0.2, 0.25) is 0 Å². The Bertz CT molecular complexity index is 931. The summed E-state index contributed by atoms with van der Waals surface area (Å²) in [5.41, 5.74) is 1.73. The van der Waals surface area contributed by atoms with E-state index in [4.69, 9.17) is 0 Å². The van der Waals surface area contributed by atoms with Crippen LogP contribution in [0.4, 0.5) is 13.2 Å². The second kappa shape index (κ2) is 10.3. The van der Waals surface area contributed by atoms with Crippen LogP contribution in [-0.4, -0.2) is 45.8 Å². The lowest BCUT2D eigenvalue weighted by Crippen LogP contribution is -2.49. The van der Waals surface area contributed by atoms with Gasteiger partial charge in [0.25, 0.3) is 0 Å². The number of ether oxygens (including phenoxy) is 2. The van der Waals surface area contributed by atoms with Crippen LogP contribution in [0.1, 0.15) is 30.5 Å². The van der Waals surface area contributed by atoms with Crippen LogP contribution in [0, 0.1) is 26.7 Å². The Morgan fingerprint density at radius 1 is 1.10 bits per heavy atom. The third kappa shape index (κ3) is 7.35. The van der Waals surface area contributed by atoms with Gasteiger partial charge in [0.15, 0.2) is 0 Å². The predicted molar refractivity (Wildman–Crippen MR) is 107 cm³/mol. The van der Waals surface area contributed by atoms with Gasteiger partial charge >= 0.3 is 18.1 Å². The van der Waals surface area contributed by atoms with E-state index in [9.17, 15) is 31.2 Å². The Morgan fingerprint density at radius 3 is 2.03 bits per heavy atom. The van der Waals surface area contributed by atoms with Crippen molar-refractivity contribution in [3.05, 3.63) is 41.0 Å². The number of carbonyl (C=O) groups is 2. The topological polar surface area (TPSA) is 98.8 Å². The van der Waals surface area contributed by atoms with Crippen LogP contribution in [0.25, 0.3) is 0 Å². The van der Waals surface area contributed by atoms with Crippen LogP contribution in [0.15, 0.2) is 29.2 Å². The van der Waals surface area contributed by atoms with Crippen molar-refractivity contribution in [1.29, 1.82) is 0 Å². The van der Waals surface area contributed by atoms with Gasteiger partial charge in [-0.15, -0.1) is 0 Å². The first-order valence-electron chi connectivity index (χ1n) is 9.24. The van der Waals surface area contributed by atoms with E-state index in [1.54, 1.807) is 32.9 Å². The maximum Gasteiger partial charge on any atom is 0.490 e. The molecule has 174 valence electrons. The Labute approximate surface area is 179 Å². The zero-order valence-electron chi connectivity index (χ0n) is 18.0. The van der Waals surface area contributed by atoms with Gasteiger partial charge in [-0.2, -0.15) is 13.2 Å². The highest BCUT2D eigenvalue weighted by atomic mass is 32.2. The van der Waals surface area contributed by atoms with Crippen LogP contribution in [0.5, 0.6) is 0 Å². The molecule has 0 saturated heterocycles. The third-order valence-electron chi connectivity index (χ3n) is 4.33. The molecule has 0 unspecified atom stereocenters. The molecule has 11 heteroatoms. The van der Waals surface area contributed by atoms with Crippen molar-refractivity contribution in [3.8, 4) is 0 Å².